The zero-order chi connectivity index (χ0) is 12.0. The summed E-state index contributed by atoms with van der Waals surface area (Å²) in [6.45, 7) is 0. The van der Waals surface area contributed by atoms with E-state index in [1.807, 2.05) is 0 Å². The van der Waals surface area contributed by atoms with Crippen LogP contribution in [0.5, 0.6) is 0 Å². The summed E-state index contributed by atoms with van der Waals surface area (Å²) in [5.41, 5.74) is 0. The lowest BCUT2D eigenvalue weighted by Gasteiger charge is -2.35. The summed E-state index contributed by atoms with van der Waals surface area (Å²) in [5, 5.41) is 0. The first-order valence-electron chi connectivity index (χ1n) is 2.64. The molecule has 0 nitrogen and oxygen atoms in total. The highest BCUT2D eigenvalue weighted by atomic mass is 35.5. The molecule has 0 aliphatic rings. The number of hydrogen-bond donors (Lipinski definition) is 0. The predicted octanol–water partition coefficient (Wildman–Crippen LogP) is 4.46. The lowest BCUT2D eigenvalue weighted by atomic mass is 10.2. The lowest BCUT2D eigenvalue weighted by molar-refractivity contribution is -0.195. The highest BCUT2D eigenvalue weighted by molar-refractivity contribution is 6.63. The van der Waals surface area contributed by atoms with E-state index in [9.17, 15) is 26.3 Å². The monoisotopic (exact) mass is 302 g/mol. The van der Waals surface area contributed by atoms with Crippen LogP contribution in [-0.4, -0.2) is 21.0 Å². The van der Waals surface area contributed by atoms with Crippen molar-refractivity contribution in [2.24, 2.45) is 0 Å². The van der Waals surface area contributed by atoms with Crippen molar-refractivity contribution in [2.45, 2.75) is 21.0 Å². The molecule has 0 fully saturated rings. The third-order valence-corrected chi connectivity index (χ3v) is 3.48. The van der Waals surface area contributed by atoms with E-state index >= 15 is 0 Å². The molecule has 0 radical (unpaired) electrons. The fourth-order valence-electron chi connectivity index (χ4n) is 0.356. The van der Waals surface area contributed by atoms with Crippen molar-refractivity contribution < 1.29 is 26.3 Å². The third-order valence-electron chi connectivity index (χ3n) is 1.11. The molecule has 0 aromatic rings. The minimum Gasteiger partial charge on any atom is -0.168 e. The van der Waals surface area contributed by atoms with Crippen LogP contribution in [0.25, 0.3) is 0 Å². The van der Waals surface area contributed by atoms with Gasteiger partial charge in [0.05, 0.1) is 0 Å². The third kappa shape index (κ3) is 2.28. The molecule has 0 atom stereocenters. The van der Waals surface area contributed by atoms with E-state index < -0.39 is 21.0 Å². The Balaban J connectivity index is 5.30. The van der Waals surface area contributed by atoms with Gasteiger partial charge in [0.25, 0.3) is 8.67 Å². The van der Waals surface area contributed by atoms with Crippen molar-refractivity contribution in [2.75, 3.05) is 0 Å². The molecule has 0 N–H and O–H groups in total. The lowest BCUT2D eigenvalue weighted by Crippen LogP contribution is -2.56. The fraction of sp³-hybridized carbons (Fsp3) is 1.00. The van der Waals surface area contributed by atoms with Crippen molar-refractivity contribution in [3.8, 4) is 0 Å². The van der Waals surface area contributed by atoms with E-state index in [2.05, 4.69) is 46.4 Å². The van der Waals surface area contributed by atoms with Crippen LogP contribution < -0.4 is 0 Å². The van der Waals surface area contributed by atoms with Gasteiger partial charge in [-0.2, -0.15) is 26.3 Å². The van der Waals surface area contributed by atoms with E-state index in [0.29, 0.717) is 0 Å². The fourth-order valence-corrected chi connectivity index (χ4v) is 0.785. The Morgan fingerprint density at radius 1 is 0.500 bits per heavy atom. The molecule has 0 saturated heterocycles. The van der Waals surface area contributed by atoms with Crippen LogP contribution in [-0.2, 0) is 0 Å². The van der Waals surface area contributed by atoms with Gasteiger partial charge in [0, 0.05) is 0 Å². The Morgan fingerprint density at radius 3 is 0.714 bits per heavy atom. The molecular weight excluding hydrogens is 304 g/mol. The first-order chi connectivity index (χ1) is 5.75. The SMILES string of the molecule is FC(F)(F)C(Cl)(Cl)C(Cl)(Cl)C(F)(F)F. The Bertz CT molecular complexity index is 191. The number of halogens is 10. The number of rotatable bonds is 1. The topological polar surface area (TPSA) is 0 Å². The Labute approximate surface area is 94.0 Å². The van der Waals surface area contributed by atoms with E-state index in [1.165, 1.54) is 0 Å². The molecule has 0 aromatic carbocycles. The molecule has 0 amide bonds. The minimum atomic E-state index is -5.62. The zero-order valence-electron chi connectivity index (χ0n) is 5.78. The molecule has 14 heavy (non-hydrogen) atoms. The molecule has 0 aliphatic heterocycles. The molecule has 0 saturated carbocycles. The summed E-state index contributed by atoms with van der Waals surface area (Å²) in [7, 11) is 0. The Kier molecular flexibility index (Phi) is 3.84. The van der Waals surface area contributed by atoms with Gasteiger partial charge in [-0.05, 0) is 0 Å². The summed E-state index contributed by atoms with van der Waals surface area (Å²) >= 11 is 17.8. The average Bonchev–Trinajstić information content (AvgIpc) is 1.81. The largest absolute Gasteiger partial charge is 0.424 e. The van der Waals surface area contributed by atoms with Crippen LogP contribution in [0.4, 0.5) is 26.3 Å². The minimum absolute atomic E-state index is 4.33. The second-order valence-electron chi connectivity index (χ2n) is 2.14. The van der Waals surface area contributed by atoms with Gasteiger partial charge in [-0.1, -0.05) is 46.4 Å². The first-order valence-corrected chi connectivity index (χ1v) is 4.15. The summed E-state index contributed by atoms with van der Waals surface area (Å²) in [6.07, 6.45) is -11.2. The normalized spacial score (nSPS) is 15.9. The van der Waals surface area contributed by atoms with Crippen LogP contribution >= 0.6 is 46.4 Å². The average molecular weight is 304 g/mol. The van der Waals surface area contributed by atoms with E-state index in [1.54, 1.807) is 0 Å². The van der Waals surface area contributed by atoms with Crippen LogP contribution in [0.2, 0.25) is 0 Å². The van der Waals surface area contributed by atoms with Crippen molar-refractivity contribution in [1.29, 1.82) is 0 Å². The van der Waals surface area contributed by atoms with Gasteiger partial charge in [0.1, 0.15) is 0 Å². The van der Waals surface area contributed by atoms with Crippen LogP contribution in [0.1, 0.15) is 0 Å². The number of alkyl halides is 10. The molecule has 0 aliphatic carbocycles. The Morgan fingerprint density at radius 2 is 0.643 bits per heavy atom. The summed E-state index contributed by atoms with van der Waals surface area (Å²) in [6, 6.07) is 0. The first kappa shape index (κ1) is 14.7. The second-order valence-corrected chi connectivity index (χ2v) is 4.80. The van der Waals surface area contributed by atoms with Crippen molar-refractivity contribution >= 4 is 46.4 Å². The van der Waals surface area contributed by atoms with E-state index in [-0.39, 0.29) is 0 Å². The molecule has 0 aromatic heterocycles. The molecular formula is C4Cl4F6. The van der Waals surface area contributed by atoms with Crippen molar-refractivity contribution in [3.05, 3.63) is 0 Å². The van der Waals surface area contributed by atoms with Crippen molar-refractivity contribution in [3.63, 3.8) is 0 Å². The molecule has 0 bridgehead atoms. The smallest absolute Gasteiger partial charge is 0.168 e. The highest BCUT2D eigenvalue weighted by Gasteiger charge is 2.75. The van der Waals surface area contributed by atoms with Gasteiger partial charge in [0.2, 0.25) is 0 Å². The van der Waals surface area contributed by atoms with Crippen LogP contribution in [0.15, 0.2) is 0 Å². The van der Waals surface area contributed by atoms with E-state index in [4.69, 9.17) is 0 Å². The van der Waals surface area contributed by atoms with Gasteiger partial charge in [-0.3, -0.25) is 0 Å². The molecule has 10 heteroatoms. The molecule has 0 spiro atoms. The van der Waals surface area contributed by atoms with Crippen LogP contribution in [0.3, 0.4) is 0 Å². The summed E-state index contributed by atoms with van der Waals surface area (Å²) in [5.74, 6) is 0. The molecule has 0 rings (SSSR count). The van der Waals surface area contributed by atoms with Gasteiger partial charge < -0.3 is 0 Å². The number of hydrogen-bond acceptors (Lipinski definition) is 0. The second kappa shape index (κ2) is 3.64. The predicted molar refractivity (Wildman–Crippen MR) is 41.0 cm³/mol. The molecule has 0 heterocycles. The zero-order valence-corrected chi connectivity index (χ0v) is 8.80. The van der Waals surface area contributed by atoms with Gasteiger partial charge in [0.15, 0.2) is 0 Å². The molecule has 86 valence electrons. The van der Waals surface area contributed by atoms with Crippen molar-refractivity contribution in [1.82, 2.24) is 0 Å². The maximum atomic E-state index is 11.9. The van der Waals surface area contributed by atoms with Gasteiger partial charge >= 0.3 is 12.4 Å². The standard InChI is InChI=1S/C4Cl4F6/c5-1(6,3(9,10)11)2(7,8)4(12,13)14. The quantitative estimate of drug-likeness (QED) is 0.495. The van der Waals surface area contributed by atoms with E-state index in [0.717, 1.165) is 0 Å². The van der Waals surface area contributed by atoms with Gasteiger partial charge in [-0.15, -0.1) is 0 Å². The maximum absolute atomic E-state index is 11.9. The summed E-state index contributed by atoms with van der Waals surface area (Å²) in [4.78, 5) is 0. The Hall–Kier alpha value is 0.740. The maximum Gasteiger partial charge on any atom is 0.424 e. The van der Waals surface area contributed by atoms with Gasteiger partial charge in [-0.25, -0.2) is 0 Å². The van der Waals surface area contributed by atoms with Crippen LogP contribution in [0, 0.1) is 0 Å². The summed E-state index contributed by atoms with van der Waals surface area (Å²) < 4.78 is 62.9. The molecule has 0 unspecified atom stereocenters. The highest BCUT2D eigenvalue weighted by Crippen LogP contribution is 2.58.